The lowest BCUT2D eigenvalue weighted by Crippen LogP contribution is -2.35. The van der Waals surface area contributed by atoms with Crippen molar-refractivity contribution in [3.8, 4) is 0 Å². The third-order valence-electron chi connectivity index (χ3n) is 4.43. The highest BCUT2D eigenvalue weighted by Gasteiger charge is 2.23. The van der Waals surface area contributed by atoms with E-state index in [0.717, 1.165) is 30.5 Å². The molecule has 26 heavy (non-hydrogen) atoms. The Hall–Kier alpha value is -2.21. The highest BCUT2D eigenvalue weighted by atomic mass is 16.6. The topological polar surface area (TPSA) is 72.7 Å². The molecule has 1 unspecified atom stereocenters. The number of nitrogens with zero attached hydrogens (tertiary/aromatic N) is 2. The SMILES string of the molecule is CC1CCC(C(=O)OC(C)(C)C)=CCCN1Cc1cccc([N+](=O)[O-])c1. The van der Waals surface area contributed by atoms with Crippen LogP contribution in [0.5, 0.6) is 0 Å². The van der Waals surface area contributed by atoms with Gasteiger partial charge in [0.1, 0.15) is 5.60 Å². The molecule has 0 spiro atoms. The Balaban J connectivity index is 2.03. The average Bonchev–Trinajstić information content (AvgIpc) is 2.53. The van der Waals surface area contributed by atoms with Gasteiger partial charge in [0.05, 0.1) is 4.92 Å². The highest BCUT2D eigenvalue weighted by molar-refractivity contribution is 5.88. The Bertz CT molecular complexity index is 691. The molecule has 1 aliphatic heterocycles. The summed E-state index contributed by atoms with van der Waals surface area (Å²) in [5.74, 6) is -0.225. The first-order chi connectivity index (χ1) is 12.2. The predicted molar refractivity (Wildman–Crippen MR) is 101 cm³/mol. The summed E-state index contributed by atoms with van der Waals surface area (Å²) < 4.78 is 5.48. The van der Waals surface area contributed by atoms with Crippen LogP contribution in [-0.2, 0) is 16.1 Å². The first-order valence-corrected chi connectivity index (χ1v) is 9.05. The molecule has 0 fully saturated rings. The van der Waals surface area contributed by atoms with Crippen molar-refractivity contribution >= 4 is 11.7 Å². The van der Waals surface area contributed by atoms with Gasteiger partial charge in [-0.15, -0.1) is 0 Å². The van der Waals surface area contributed by atoms with Gasteiger partial charge in [-0.1, -0.05) is 18.2 Å². The molecule has 142 valence electrons. The fourth-order valence-corrected chi connectivity index (χ4v) is 3.04. The van der Waals surface area contributed by atoms with E-state index in [9.17, 15) is 14.9 Å². The number of carbonyl (C=O) groups excluding carboxylic acids is 1. The summed E-state index contributed by atoms with van der Waals surface area (Å²) in [6.45, 7) is 9.22. The molecule has 0 radical (unpaired) electrons. The quantitative estimate of drug-likeness (QED) is 0.456. The number of esters is 1. The van der Waals surface area contributed by atoms with E-state index in [2.05, 4.69) is 11.8 Å². The van der Waals surface area contributed by atoms with E-state index < -0.39 is 5.60 Å². The molecule has 1 aromatic carbocycles. The van der Waals surface area contributed by atoms with Gasteiger partial charge in [-0.25, -0.2) is 4.79 Å². The number of ether oxygens (including phenoxy) is 1. The summed E-state index contributed by atoms with van der Waals surface area (Å²) in [5.41, 5.74) is 1.32. The standard InChI is InChI=1S/C20H28N2O4/c1-15-10-11-17(19(23)26-20(2,3)4)8-6-12-21(15)14-16-7-5-9-18(13-16)22(24)25/h5,7-9,13,15H,6,10-12,14H2,1-4H3. The molecule has 6 heteroatoms. The van der Waals surface area contributed by atoms with Crippen LogP contribution in [0.3, 0.4) is 0 Å². The zero-order chi connectivity index (χ0) is 19.3. The van der Waals surface area contributed by atoms with Gasteiger partial charge in [-0.3, -0.25) is 15.0 Å². The van der Waals surface area contributed by atoms with E-state index in [-0.39, 0.29) is 22.6 Å². The summed E-state index contributed by atoms with van der Waals surface area (Å²) in [7, 11) is 0. The van der Waals surface area contributed by atoms with Crippen LogP contribution in [-0.4, -0.2) is 34.0 Å². The molecule has 6 nitrogen and oxygen atoms in total. The van der Waals surface area contributed by atoms with Crippen molar-refractivity contribution in [3.63, 3.8) is 0 Å². The Morgan fingerprint density at radius 1 is 1.38 bits per heavy atom. The molecule has 2 rings (SSSR count). The molecule has 1 aromatic rings. The third-order valence-corrected chi connectivity index (χ3v) is 4.43. The zero-order valence-corrected chi connectivity index (χ0v) is 16.0. The maximum absolute atomic E-state index is 12.3. The Labute approximate surface area is 155 Å². The molecule has 0 bridgehead atoms. The van der Waals surface area contributed by atoms with Crippen LogP contribution in [0.1, 0.15) is 52.5 Å². The summed E-state index contributed by atoms with van der Waals surface area (Å²) in [4.78, 5) is 25.2. The number of hydrogen-bond acceptors (Lipinski definition) is 5. The zero-order valence-electron chi connectivity index (χ0n) is 16.0. The van der Waals surface area contributed by atoms with Gasteiger partial charge in [0.2, 0.25) is 0 Å². The molecule has 0 aromatic heterocycles. The molecular weight excluding hydrogens is 332 g/mol. The van der Waals surface area contributed by atoms with Crippen molar-refractivity contribution in [2.75, 3.05) is 6.54 Å². The molecule has 1 heterocycles. The van der Waals surface area contributed by atoms with Crippen LogP contribution in [0.2, 0.25) is 0 Å². The molecule has 0 amide bonds. The fraction of sp³-hybridized carbons (Fsp3) is 0.550. The lowest BCUT2D eigenvalue weighted by atomic mass is 10.0. The van der Waals surface area contributed by atoms with Crippen molar-refractivity contribution in [3.05, 3.63) is 51.6 Å². The van der Waals surface area contributed by atoms with Gasteiger partial charge >= 0.3 is 5.97 Å². The van der Waals surface area contributed by atoms with Crippen LogP contribution in [0.4, 0.5) is 5.69 Å². The second-order valence-electron chi connectivity index (χ2n) is 7.81. The van der Waals surface area contributed by atoms with Gasteiger partial charge in [0.25, 0.3) is 5.69 Å². The van der Waals surface area contributed by atoms with Gasteiger partial charge in [0, 0.05) is 36.8 Å². The van der Waals surface area contributed by atoms with Crippen LogP contribution < -0.4 is 0 Å². The van der Waals surface area contributed by atoms with E-state index >= 15 is 0 Å². The van der Waals surface area contributed by atoms with Crippen LogP contribution >= 0.6 is 0 Å². The maximum atomic E-state index is 12.3. The second-order valence-corrected chi connectivity index (χ2v) is 7.81. The molecule has 0 aliphatic carbocycles. The van der Waals surface area contributed by atoms with Gasteiger partial charge in [0.15, 0.2) is 0 Å². The number of nitro benzene ring substituents is 1. The first kappa shape index (κ1) is 20.1. The van der Waals surface area contributed by atoms with E-state index in [1.54, 1.807) is 12.1 Å². The van der Waals surface area contributed by atoms with E-state index in [1.807, 2.05) is 32.9 Å². The largest absolute Gasteiger partial charge is 0.457 e. The number of carbonyl (C=O) groups is 1. The number of rotatable bonds is 4. The minimum atomic E-state index is -0.486. The van der Waals surface area contributed by atoms with Gasteiger partial charge < -0.3 is 4.74 Å². The third kappa shape index (κ3) is 5.95. The fourth-order valence-electron chi connectivity index (χ4n) is 3.04. The normalized spacial score (nSPS) is 19.2. The molecular formula is C20H28N2O4. The van der Waals surface area contributed by atoms with E-state index in [1.165, 1.54) is 6.07 Å². The smallest absolute Gasteiger partial charge is 0.334 e. The van der Waals surface area contributed by atoms with Crippen molar-refractivity contribution in [2.24, 2.45) is 0 Å². The van der Waals surface area contributed by atoms with Crippen LogP contribution in [0.25, 0.3) is 0 Å². The molecule has 1 atom stereocenters. The lowest BCUT2D eigenvalue weighted by molar-refractivity contribution is -0.384. The minimum absolute atomic E-state index is 0.120. The summed E-state index contributed by atoms with van der Waals surface area (Å²) in [6, 6.07) is 7.06. The van der Waals surface area contributed by atoms with Gasteiger partial charge in [-0.05, 0) is 52.5 Å². The Morgan fingerprint density at radius 3 is 2.77 bits per heavy atom. The number of hydrogen-bond donors (Lipinski definition) is 0. The number of benzene rings is 1. The van der Waals surface area contributed by atoms with Crippen molar-refractivity contribution in [1.82, 2.24) is 4.90 Å². The maximum Gasteiger partial charge on any atom is 0.334 e. The second kappa shape index (κ2) is 8.45. The van der Waals surface area contributed by atoms with Crippen molar-refractivity contribution in [2.45, 2.75) is 65.1 Å². The summed E-state index contributed by atoms with van der Waals surface area (Å²) in [5, 5.41) is 10.9. The van der Waals surface area contributed by atoms with Crippen molar-refractivity contribution in [1.29, 1.82) is 0 Å². The van der Waals surface area contributed by atoms with Gasteiger partial charge in [-0.2, -0.15) is 0 Å². The summed E-state index contributed by atoms with van der Waals surface area (Å²) >= 11 is 0. The summed E-state index contributed by atoms with van der Waals surface area (Å²) in [6.07, 6.45) is 4.26. The van der Waals surface area contributed by atoms with Crippen LogP contribution in [0.15, 0.2) is 35.9 Å². The van der Waals surface area contributed by atoms with Crippen LogP contribution in [0, 0.1) is 10.1 Å². The Kier molecular flexibility index (Phi) is 6.53. The molecule has 1 aliphatic rings. The predicted octanol–water partition coefficient (Wildman–Crippen LogP) is 4.24. The highest BCUT2D eigenvalue weighted by Crippen LogP contribution is 2.23. The first-order valence-electron chi connectivity index (χ1n) is 9.05. The average molecular weight is 360 g/mol. The number of nitro groups is 1. The molecule has 0 saturated carbocycles. The van der Waals surface area contributed by atoms with E-state index in [0.29, 0.717) is 13.0 Å². The van der Waals surface area contributed by atoms with E-state index in [4.69, 9.17) is 4.74 Å². The molecule has 0 N–H and O–H groups in total. The lowest BCUT2D eigenvalue weighted by Gasteiger charge is -2.31. The van der Waals surface area contributed by atoms with Crippen molar-refractivity contribution < 1.29 is 14.5 Å². The monoisotopic (exact) mass is 360 g/mol. The molecule has 0 saturated heterocycles. The Morgan fingerprint density at radius 2 is 2.12 bits per heavy atom. The minimum Gasteiger partial charge on any atom is -0.457 e. The number of non-ortho nitro benzene ring substituents is 1.